The number of aromatic nitrogens is 5. The summed E-state index contributed by atoms with van der Waals surface area (Å²) in [5.41, 5.74) is 2.21. The number of hydrogen-bond donors (Lipinski definition) is 0. The second kappa shape index (κ2) is 6.96. The third-order valence-electron chi connectivity index (χ3n) is 3.81. The van der Waals surface area contributed by atoms with Crippen molar-refractivity contribution in [1.29, 1.82) is 0 Å². The van der Waals surface area contributed by atoms with E-state index in [0.29, 0.717) is 0 Å². The van der Waals surface area contributed by atoms with Crippen LogP contribution >= 0.6 is 11.8 Å². The van der Waals surface area contributed by atoms with Crippen molar-refractivity contribution in [3.8, 4) is 11.4 Å². The predicted octanol–water partition coefficient (Wildman–Crippen LogP) is 4.51. The first-order valence-electron chi connectivity index (χ1n) is 8.40. The molecule has 0 aliphatic rings. The van der Waals surface area contributed by atoms with Gasteiger partial charge < -0.3 is 4.57 Å². The fourth-order valence-electron chi connectivity index (χ4n) is 2.50. The fraction of sp³-hybridized carbons (Fsp3) is 0.368. The summed E-state index contributed by atoms with van der Waals surface area (Å²) < 4.78 is 2.12. The lowest BCUT2D eigenvalue weighted by Gasteiger charge is -2.16. The zero-order valence-corrected chi connectivity index (χ0v) is 16.1. The highest BCUT2D eigenvalue weighted by atomic mass is 32.2. The van der Waals surface area contributed by atoms with E-state index in [-0.39, 0.29) is 5.41 Å². The minimum atomic E-state index is -0.0816. The molecule has 0 atom stereocenters. The van der Waals surface area contributed by atoms with Gasteiger partial charge in [-0.15, -0.1) is 10.2 Å². The van der Waals surface area contributed by atoms with Crippen LogP contribution in [0.3, 0.4) is 0 Å². The Morgan fingerprint density at radius 3 is 2.60 bits per heavy atom. The van der Waals surface area contributed by atoms with Crippen molar-refractivity contribution in [3.63, 3.8) is 0 Å². The van der Waals surface area contributed by atoms with Crippen molar-refractivity contribution in [3.05, 3.63) is 47.9 Å². The molecular formula is C19H23N5S. The van der Waals surface area contributed by atoms with E-state index in [4.69, 9.17) is 0 Å². The van der Waals surface area contributed by atoms with Gasteiger partial charge in [0.05, 0.1) is 0 Å². The Labute approximate surface area is 152 Å². The average molecular weight is 353 g/mol. The first-order valence-corrected chi connectivity index (χ1v) is 9.21. The highest BCUT2D eigenvalue weighted by Crippen LogP contribution is 2.29. The van der Waals surface area contributed by atoms with Crippen LogP contribution in [0.4, 0.5) is 0 Å². The van der Waals surface area contributed by atoms with Crippen molar-refractivity contribution < 1.29 is 0 Å². The third-order valence-corrected chi connectivity index (χ3v) is 4.73. The van der Waals surface area contributed by atoms with Gasteiger partial charge in [-0.1, -0.05) is 44.5 Å². The average Bonchev–Trinajstić information content (AvgIpc) is 2.97. The molecule has 0 bridgehead atoms. The maximum atomic E-state index is 4.68. The lowest BCUT2D eigenvalue weighted by molar-refractivity contribution is 0.538. The molecule has 3 rings (SSSR count). The normalized spacial score (nSPS) is 11.7. The van der Waals surface area contributed by atoms with Crippen LogP contribution < -0.4 is 0 Å². The van der Waals surface area contributed by atoms with E-state index in [1.165, 1.54) is 17.3 Å². The van der Waals surface area contributed by atoms with E-state index in [1.54, 1.807) is 0 Å². The van der Waals surface area contributed by atoms with Crippen molar-refractivity contribution in [2.75, 3.05) is 0 Å². The van der Waals surface area contributed by atoms with Gasteiger partial charge >= 0.3 is 0 Å². The number of nitrogens with zero attached hydrogens (tertiary/aromatic N) is 5. The molecule has 0 amide bonds. The maximum Gasteiger partial charge on any atom is 0.197 e. The summed E-state index contributed by atoms with van der Waals surface area (Å²) in [5.74, 6) is 1.72. The van der Waals surface area contributed by atoms with Crippen LogP contribution in [0, 0.1) is 6.92 Å². The molecule has 3 aromatic rings. The summed E-state index contributed by atoms with van der Waals surface area (Å²) in [6.07, 6.45) is 1.81. The van der Waals surface area contributed by atoms with Crippen LogP contribution in [0.25, 0.3) is 11.4 Å². The van der Waals surface area contributed by atoms with Gasteiger partial charge in [0.2, 0.25) is 0 Å². The van der Waals surface area contributed by atoms with Gasteiger partial charge in [-0.3, -0.25) is 0 Å². The predicted molar refractivity (Wildman–Crippen MR) is 101 cm³/mol. The highest BCUT2D eigenvalue weighted by molar-refractivity contribution is 7.99. The first-order chi connectivity index (χ1) is 11.9. The summed E-state index contributed by atoms with van der Waals surface area (Å²) in [7, 11) is 0. The largest absolute Gasteiger partial charge is 0.302 e. The molecule has 2 heterocycles. The molecule has 0 unspecified atom stereocenters. The minimum absolute atomic E-state index is 0.0816. The van der Waals surface area contributed by atoms with Gasteiger partial charge in [0.15, 0.2) is 11.0 Å². The molecule has 0 spiro atoms. The Morgan fingerprint density at radius 1 is 1.12 bits per heavy atom. The zero-order chi connectivity index (χ0) is 18.0. The van der Waals surface area contributed by atoms with Crippen molar-refractivity contribution in [2.45, 2.75) is 56.8 Å². The highest BCUT2D eigenvalue weighted by Gasteiger charge is 2.19. The van der Waals surface area contributed by atoms with Gasteiger partial charge in [-0.2, -0.15) is 0 Å². The topological polar surface area (TPSA) is 56.5 Å². The van der Waals surface area contributed by atoms with Crippen LogP contribution in [-0.2, 0) is 12.0 Å². The Hall–Kier alpha value is -2.21. The van der Waals surface area contributed by atoms with Gasteiger partial charge in [0, 0.05) is 23.7 Å². The molecule has 0 saturated heterocycles. The van der Waals surface area contributed by atoms with Gasteiger partial charge in [-0.25, -0.2) is 9.97 Å². The lowest BCUT2D eigenvalue weighted by Crippen LogP contribution is -2.15. The minimum Gasteiger partial charge on any atom is -0.302 e. The van der Waals surface area contributed by atoms with Crippen molar-refractivity contribution in [1.82, 2.24) is 24.7 Å². The number of rotatable bonds is 4. The van der Waals surface area contributed by atoms with Crippen molar-refractivity contribution >= 4 is 11.8 Å². The molecule has 5 nitrogen and oxygen atoms in total. The standard InChI is InChI=1S/C19H23N5S/c1-6-24-16(14-9-7-8-13(2)12-14)22-23-18(24)25-15-10-11-20-17(21-15)19(3,4)5/h7-12H,6H2,1-5H3. The van der Waals surface area contributed by atoms with Crippen LogP contribution in [0.1, 0.15) is 39.1 Å². The lowest BCUT2D eigenvalue weighted by atomic mass is 9.96. The molecule has 0 radical (unpaired) electrons. The fourth-order valence-corrected chi connectivity index (χ4v) is 3.36. The molecule has 0 N–H and O–H groups in total. The van der Waals surface area contributed by atoms with E-state index in [0.717, 1.165) is 33.9 Å². The Morgan fingerprint density at radius 2 is 1.92 bits per heavy atom. The molecule has 130 valence electrons. The molecule has 1 aromatic carbocycles. The zero-order valence-electron chi connectivity index (χ0n) is 15.3. The second-order valence-electron chi connectivity index (χ2n) is 6.99. The number of benzene rings is 1. The van der Waals surface area contributed by atoms with Gasteiger partial charge in [-0.05, 0) is 37.7 Å². The quantitative estimate of drug-likeness (QED) is 0.646. The summed E-state index contributed by atoms with van der Waals surface area (Å²) in [4.78, 5) is 9.07. The van der Waals surface area contributed by atoms with Crippen molar-refractivity contribution in [2.24, 2.45) is 0 Å². The Bertz CT molecular complexity index is 880. The van der Waals surface area contributed by atoms with E-state index < -0.39 is 0 Å². The third kappa shape index (κ3) is 3.90. The SMILES string of the molecule is CCn1c(Sc2ccnc(C(C)(C)C)n2)nnc1-c1cccc(C)c1. The van der Waals surface area contributed by atoms with E-state index in [9.17, 15) is 0 Å². The van der Waals surface area contributed by atoms with E-state index in [1.807, 2.05) is 18.3 Å². The molecule has 25 heavy (non-hydrogen) atoms. The summed E-state index contributed by atoms with van der Waals surface area (Å²) in [6.45, 7) is 11.3. The van der Waals surface area contributed by atoms with Crippen LogP contribution in [0.2, 0.25) is 0 Å². The molecule has 6 heteroatoms. The van der Waals surface area contributed by atoms with E-state index >= 15 is 0 Å². The van der Waals surface area contributed by atoms with Crippen LogP contribution in [0.15, 0.2) is 46.7 Å². The first kappa shape index (κ1) is 17.6. The second-order valence-corrected chi connectivity index (χ2v) is 7.98. The molecule has 0 aliphatic heterocycles. The van der Waals surface area contributed by atoms with Gasteiger partial charge in [0.1, 0.15) is 10.9 Å². The monoisotopic (exact) mass is 353 g/mol. The Kier molecular flexibility index (Phi) is 4.90. The Balaban J connectivity index is 1.94. The summed E-state index contributed by atoms with van der Waals surface area (Å²) in [5, 5.41) is 10.5. The number of aryl methyl sites for hydroxylation is 1. The molecule has 2 aromatic heterocycles. The summed E-state index contributed by atoms with van der Waals surface area (Å²) in [6, 6.07) is 10.3. The maximum absolute atomic E-state index is 4.68. The van der Waals surface area contributed by atoms with E-state index in [2.05, 4.69) is 77.6 Å². The van der Waals surface area contributed by atoms with Crippen LogP contribution in [-0.4, -0.2) is 24.7 Å². The molecular weight excluding hydrogens is 330 g/mol. The van der Waals surface area contributed by atoms with Crippen LogP contribution in [0.5, 0.6) is 0 Å². The summed E-state index contributed by atoms with van der Waals surface area (Å²) >= 11 is 1.53. The van der Waals surface area contributed by atoms with Gasteiger partial charge in [0.25, 0.3) is 0 Å². The smallest absolute Gasteiger partial charge is 0.197 e. The molecule has 0 fully saturated rings. The number of hydrogen-bond acceptors (Lipinski definition) is 5. The molecule has 0 aliphatic carbocycles. The molecule has 0 saturated carbocycles.